The fraction of sp³-hybridized carbons (Fsp3) is 0.462. The van der Waals surface area contributed by atoms with Gasteiger partial charge in [0.1, 0.15) is 5.82 Å². The van der Waals surface area contributed by atoms with Crippen molar-refractivity contribution in [1.29, 1.82) is 0 Å². The van der Waals surface area contributed by atoms with Crippen LogP contribution in [0.25, 0.3) is 5.57 Å². The van der Waals surface area contributed by atoms with Gasteiger partial charge in [0.15, 0.2) is 0 Å². The van der Waals surface area contributed by atoms with Crippen LogP contribution in [-0.2, 0) is 0 Å². The van der Waals surface area contributed by atoms with E-state index in [1.54, 1.807) is 0 Å². The number of nitrogen functional groups attached to an aromatic ring is 1. The Morgan fingerprint density at radius 3 is 2.75 bits per heavy atom. The maximum absolute atomic E-state index is 5.98. The van der Waals surface area contributed by atoms with Crippen molar-refractivity contribution in [3.8, 4) is 0 Å². The van der Waals surface area contributed by atoms with Gasteiger partial charge in [0.05, 0.1) is 5.69 Å². The summed E-state index contributed by atoms with van der Waals surface area (Å²) in [5.74, 6) is 0.599. The van der Waals surface area contributed by atoms with Crippen LogP contribution in [0.4, 0.5) is 5.82 Å². The van der Waals surface area contributed by atoms with Crippen LogP contribution >= 0.6 is 0 Å². The number of nitrogens with two attached hydrogens (primary N) is 2. The van der Waals surface area contributed by atoms with Crippen LogP contribution < -0.4 is 11.5 Å². The SMILES string of the molecule is Nc1cccc(C2=CCC3(CC2)CC3N)n1. The van der Waals surface area contributed by atoms with Gasteiger partial charge in [-0.05, 0) is 48.8 Å². The lowest BCUT2D eigenvalue weighted by Crippen LogP contribution is -2.16. The van der Waals surface area contributed by atoms with E-state index in [0.717, 1.165) is 18.5 Å². The Balaban J connectivity index is 1.82. The van der Waals surface area contributed by atoms with E-state index >= 15 is 0 Å². The minimum atomic E-state index is 0.430. The van der Waals surface area contributed by atoms with Crippen molar-refractivity contribution < 1.29 is 0 Å². The van der Waals surface area contributed by atoms with Gasteiger partial charge in [0.25, 0.3) is 0 Å². The zero-order valence-corrected chi connectivity index (χ0v) is 9.32. The highest BCUT2D eigenvalue weighted by Gasteiger charge is 2.51. The molecule has 0 saturated heterocycles. The summed E-state index contributed by atoms with van der Waals surface area (Å²) in [6.45, 7) is 0. The molecule has 3 heteroatoms. The maximum Gasteiger partial charge on any atom is 0.124 e. The molecule has 2 unspecified atom stereocenters. The summed E-state index contributed by atoms with van der Waals surface area (Å²) in [5, 5.41) is 0. The van der Waals surface area contributed by atoms with Crippen LogP contribution in [-0.4, -0.2) is 11.0 Å². The number of pyridine rings is 1. The summed E-state index contributed by atoms with van der Waals surface area (Å²) < 4.78 is 0. The lowest BCUT2D eigenvalue weighted by atomic mass is 9.85. The Morgan fingerprint density at radius 2 is 2.19 bits per heavy atom. The number of nitrogens with zero attached hydrogens (tertiary/aromatic N) is 1. The number of anilines is 1. The highest BCUT2D eigenvalue weighted by Crippen LogP contribution is 2.55. The molecular formula is C13H17N3. The molecule has 2 aliphatic carbocycles. The van der Waals surface area contributed by atoms with Crippen molar-refractivity contribution in [3.63, 3.8) is 0 Å². The number of hydrogen-bond donors (Lipinski definition) is 2. The summed E-state index contributed by atoms with van der Waals surface area (Å²) in [4.78, 5) is 4.36. The molecule has 1 saturated carbocycles. The van der Waals surface area contributed by atoms with Gasteiger partial charge in [0.2, 0.25) is 0 Å². The minimum absolute atomic E-state index is 0.430. The topological polar surface area (TPSA) is 64.9 Å². The van der Waals surface area contributed by atoms with Crippen LogP contribution in [0.1, 0.15) is 31.4 Å². The monoisotopic (exact) mass is 215 g/mol. The first-order chi connectivity index (χ1) is 7.70. The van der Waals surface area contributed by atoms with E-state index in [9.17, 15) is 0 Å². The second-order valence-electron chi connectivity index (χ2n) is 5.05. The Labute approximate surface area is 95.5 Å². The first-order valence-electron chi connectivity index (χ1n) is 5.87. The molecule has 0 aliphatic heterocycles. The molecule has 1 spiro atoms. The molecule has 1 aromatic heterocycles. The number of aromatic nitrogens is 1. The summed E-state index contributed by atoms with van der Waals surface area (Å²) >= 11 is 0. The standard InChI is InChI=1S/C13H17N3/c14-11-8-13(11)6-4-9(5-7-13)10-2-1-3-12(15)16-10/h1-4,11H,5-8,14H2,(H2,15,16). The molecule has 1 aromatic rings. The zero-order chi connectivity index (χ0) is 11.2. The molecule has 1 fully saturated rings. The van der Waals surface area contributed by atoms with Crippen molar-refractivity contribution >= 4 is 11.4 Å². The molecule has 16 heavy (non-hydrogen) atoms. The zero-order valence-electron chi connectivity index (χ0n) is 9.32. The molecule has 84 valence electrons. The largest absolute Gasteiger partial charge is 0.384 e. The van der Waals surface area contributed by atoms with E-state index in [4.69, 9.17) is 11.5 Å². The first-order valence-corrected chi connectivity index (χ1v) is 5.87. The van der Waals surface area contributed by atoms with E-state index in [1.165, 1.54) is 18.4 Å². The minimum Gasteiger partial charge on any atom is -0.384 e. The van der Waals surface area contributed by atoms with Crippen LogP contribution in [0.5, 0.6) is 0 Å². The van der Waals surface area contributed by atoms with Crippen LogP contribution in [0, 0.1) is 5.41 Å². The summed E-state index contributed by atoms with van der Waals surface area (Å²) in [7, 11) is 0. The second kappa shape index (κ2) is 3.32. The summed E-state index contributed by atoms with van der Waals surface area (Å²) in [6.07, 6.45) is 6.90. The smallest absolute Gasteiger partial charge is 0.124 e. The normalized spacial score (nSPS) is 32.6. The van der Waals surface area contributed by atoms with Crippen molar-refractivity contribution in [3.05, 3.63) is 30.0 Å². The fourth-order valence-corrected chi connectivity index (χ4v) is 2.68. The Hall–Kier alpha value is -1.35. The molecule has 3 rings (SSSR count). The van der Waals surface area contributed by atoms with Gasteiger partial charge >= 0.3 is 0 Å². The average molecular weight is 215 g/mol. The lowest BCUT2D eigenvalue weighted by molar-refractivity contribution is 0.447. The van der Waals surface area contributed by atoms with E-state index in [-0.39, 0.29) is 0 Å². The Kier molecular flexibility index (Phi) is 2.04. The van der Waals surface area contributed by atoms with Crippen LogP contribution in [0.15, 0.2) is 24.3 Å². The molecule has 0 radical (unpaired) electrons. The molecule has 3 nitrogen and oxygen atoms in total. The molecule has 0 aromatic carbocycles. The highest BCUT2D eigenvalue weighted by atomic mass is 14.8. The van der Waals surface area contributed by atoms with Gasteiger partial charge in [-0.3, -0.25) is 0 Å². The van der Waals surface area contributed by atoms with Gasteiger partial charge in [-0.15, -0.1) is 0 Å². The Morgan fingerprint density at radius 1 is 1.38 bits per heavy atom. The van der Waals surface area contributed by atoms with E-state index in [0.29, 0.717) is 17.3 Å². The van der Waals surface area contributed by atoms with Gasteiger partial charge < -0.3 is 11.5 Å². The van der Waals surface area contributed by atoms with Crippen molar-refractivity contribution in [2.24, 2.45) is 11.1 Å². The average Bonchev–Trinajstić information content (AvgIpc) is 2.89. The van der Waals surface area contributed by atoms with Gasteiger partial charge in [0, 0.05) is 6.04 Å². The predicted octanol–water partition coefficient (Wildman–Crippen LogP) is 1.95. The lowest BCUT2D eigenvalue weighted by Gasteiger charge is -2.21. The van der Waals surface area contributed by atoms with E-state index in [2.05, 4.69) is 11.1 Å². The number of allylic oxidation sites excluding steroid dienone is 2. The fourth-order valence-electron chi connectivity index (χ4n) is 2.68. The van der Waals surface area contributed by atoms with Gasteiger partial charge in [-0.25, -0.2) is 4.98 Å². The third-order valence-electron chi connectivity index (χ3n) is 4.00. The van der Waals surface area contributed by atoms with E-state index < -0.39 is 0 Å². The number of hydrogen-bond acceptors (Lipinski definition) is 3. The molecule has 0 amide bonds. The number of rotatable bonds is 1. The van der Waals surface area contributed by atoms with Crippen molar-refractivity contribution in [2.45, 2.75) is 31.7 Å². The highest BCUT2D eigenvalue weighted by molar-refractivity contribution is 5.65. The molecular weight excluding hydrogens is 198 g/mol. The van der Waals surface area contributed by atoms with Gasteiger partial charge in [-0.1, -0.05) is 12.1 Å². The van der Waals surface area contributed by atoms with Crippen LogP contribution in [0.2, 0.25) is 0 Å². The first kappa shape index (κ1) is 9.85. The van der Waals surface area contributed by atoms with Crippen molar-refractivity contribution in [2.75, 3.05) is 5.73 Å². The third kappa shape index (κ3) is 1.52. The molecule has 2 aliphatic rings. The van der Waals surface area contributed by atoms with E-state index in [1.807, 2.05) is 18.2 Å². The summed E-state index contributed by atoms with van der Waals surface area (Å²) in [6, 6.07) is 6.25. The molecule has 2 atom stereocenters. The Bertz CT molecular complexity index is 452. The van der Waals surface area contributed by atoms with Gasteiger partial charge in [-0.2, -0.15) is 0 Å². The second-order valence-corrected chi connectivity index (χ2v) is 5.05. The molecule has 4 N–H and O–H groups in total. The quantitative estimate of drug-likeness (QED) is 0.752. The third-order valence-corrected chi connectivity index (χ3v) is 4.00. The predicted molar refractivity (Wildman–Crippen MR) is 65.5 cm³/mol. The molecule has 0 bridgehead atoms. The van der Waals surface area contributed by atoms with Crippen molar-refractivity contribution in [1.82, 2.24) is 4.98 Å². The summed E-state index contributed by atoms with van der Waals surface area (Å²) in [5.41, 5.74) is 14.5. The van der Waals surface area contributed by atoms with Crippen LogP contribution in [0.3, 0.4) is 0 Å². The maximum atomic E-state index is 5.98. The molecule has 1 heterocycles.